The molecule has 0 aromatic heterocycles. The largest absolute Gasteiger partial charge is 0.515 e. The average molecular weight is 192 g/mol. The van der Waals surface area contributed by atoms with E-state index >= 15 is 0 Å². The van der Waals surface area contributed by atoms with E-state index in [1.165, 1.54) is 25.7 Å². The Morgan fingerprint density at radius 3 is 2.29 bits per heavy atom. The van der Waals surface area contributed by atoms with E-state index in [1.807, 2.05) is 0 Å². The molecule has 2 heteroatoms. The van der Waals surface area contributed by atoms with Crippen molar-refractivity contribution in [1.82, 2.24) is 0 Å². The lowest BCUT2D eigenvalue weighted by atomic mass is 9.70. The fraction of sp³-hybridized carbons (Fsp3) is 0.750. The summed E-state index contributed by atoms with van der Waals surface area (Å²) in [6.45, 7) is 0. The average Bonchev–Trinajstić information content (AvgIpc) is 2.72. The topological polar surface area (TPSA) is 37.3 Å². The van der Waals surface area contributed by atoms with Crippen molar-refractivity contribution in [3.63, 3.8) is 0 Å². The van der Waals surface area contributed by atoms with Crippen LogP contribution in [0.1, 0.15) is 44.9 Å². The first-order valence-electron chi connectivity index (χ1n) is 5.62. The molecule has 0 aromatic rings. The van der Waals surface area contributed by atoms with Crippen LogP contribution < -0.4 is 0 Å². The molecule has 2 nitrogen and oxygen atoms in total. The molecular weight excluding hydrogens is 176 g/mol. The van der Waals surface area contributed by atoms with E-state index in [2.05, 4.69) is 0 Å². The number of aliphatic hydroxyl groups excluding tert-OH is 1. The summed E-state index contributed by atoms with van der Waals surface area (Å²) in [5.74, 6) is 0.273. The maximum atomic E-state index is 12.2. The minimum atomic E-state index is -0.0401. The molecule has 0 bridgehead atoms. The predicted molar refractivity (Wildman–Crippen MR) is 52.9 cm³/mol. The highest BCUT2D eigenvalue weighted by Crippen LogP contribution is 2.70. The zero-order valence-corrected chi connectivity index (χ0v) is 8.38. The molecule has 14 heavy (non-hydrogen) atoms. The fourth-order valence-corrected chi connectivity index (χ4v) is 4.39. The highest BCUT2D eigenvalue weighted by atomic mass is 16.2. The normalized spacial score (nSPS) is 48.6. The summed E-state index contributed by atoms with van der Waals surface area (Å²) in [6, 6.07) is 0. The molecule has 3 aliphatic carbocycles. The maximum Gasteiger partial charge on any atom is 0.168 e. The molecule has 0 atom stereocenters. The molecule has 3 saturated carbocycles. The summed E-state index contributed by atoms with van der Waals surface area (Å²) >= 11 is 0. The van der Waals surface area contributed by atoms with Crippen LogP contribution in [0.25, 0.3) is 0 Å². The third kappa shape index (κ3) is 0.688. The Hall–Kier alpha value is -0.790. The molecule has 3 rings (SSSR count). The van der Waals surface area contributed by atoms with E-state index in [1.54, 1.807) is 0 Å². The zero-order chi connectivity index (χ0) is 9.81. The van der Waals surface area contributed by atoms with Gasteiger partial charge in [-0.25, -0.2) is 0 Å². The first-order chi connectivity index (χ1) is 6.74. The van der Waals surface area contributed by atoms with Crippen LogP contribution in [0.4, 0.5) is 0 Å². The van der Waals surface area contributed by atoms with Crippen LogP contribution in [0.2, 0.25) is 0 Å². The molecule has 3 aliphatic rings. The molecule has 0 aliphatic heterocycles. The Labute approximate surface area is 84.0 Å². The Bertz CT molecular complexity index is 317. The van der Waals surface area contributed by atoms with Crippen LogP contribution in [0.15, 0.2) is 11.8 Å². The summed E-state index contributed by atoms with van der Waals surface area (Å²) in [4.78, 5) is 12.2. The number of hydrogen-bond acceptors (Lipinski definition) is 2. The second-order valence-corrected chi connectivity index (χ2v) is 5.23. The van der Waals surface area contributed by atoms with Gasteiger partial charge in [-0.3, -0.25) is 4.79 Å². The summed E-state index contributed by atoms with van der Waals surface area (Å²) in [7, 11) is 0. The second kappa shape index (κ2) is 2.41. The van der Waals surface area contributed by atoms with Gasteiger partial charge < -0.3 is 5.11 Å². The van der Waals surface area contributed by atoms with Crippen molar-refractivity contribution >= 4 is 5.78 Å². The number of Topliss-reactive ketones (excluding diaryl/α,β-unsaturated/α-hetero) is 1. The summed E-state index contributed by atoms with van der Waals surface area (Å²) in [5, 5.41) is 9.06. The van der Waals surface area contributed by atoms with Gasteiger partial charge in [0.25, 0.3) is 0 Å². The van der Waals surface area contributed by atoms with E-state index in [0.29, 0.717) is 5.57 Å². The van der Waals surface area contributed by atoms with Gasteiger partial charge in [-0.05, 0) is 37.5 Å². The van der Waals surface area contributed by atoms with Gasteiger partial charge >= 0.3 is 0 Å². The summed E-state index contributed by atoms with van der Waals surface area (Å²) in [6.07, 6.45) is 8.89. The molecule has 0 amide bonds. The van der Waals surface area contributed by atoms with Gasteiger partial charge in [0, 0.05) is 11.0 Å². The molecule has 0 spiro atoms. The molecule has 0 aromatic carbocycles. The van der Waals surface area contributed by atoms with Crippen molar-refractivity contribution in [2.75, 3.05) is 0 Å². The Balaban J connectivity index is 2.13. The van der Waals surface area contributed by atoms with Gasteiger partial charge in [0.05, 0.1) is 6.26 Å². The maximum absolute atomic E-state index is 12.2. The lowest BCUT2D eigenvalue weighted by Gasteiger charge is -2.31. The first-order valence-corrected chi connectivity index (χ1v) is 5.62. The van der Waals surface area contributed by atoms with Gasteiger partial charge in [0.1, 0.15) is 0 Å². The van der Waals surface area contributed by atoms with Crippen molar-refractivity contribution in [2.45, 2.75) is 44.9 Å². The highest BCUT2D eigenvalue weighted by molar-refractivity contribution is 6.03. The quantitative estimate of drug-likeness (QED) is 0.473. The van der Waals surface area contributed by atoms with Crippen molar-refractivity contribution in [3.8, 4) is 0 Å². The van der Waals surface area contributed by atoms with Crippen molar-refractivity contribution in [3.05, 3.63) is 11.8 Å². The third-order valence-electron chi connectivity index (χ3n) is 4.94. The molecule has 76 valence electrons. The van der Waals surface area contributed by atoms with Crippen LogP contribution in [0.5, 0.6) is 0 Å². The lowest BCUT2D eigenvalue weighted by Crippen LogP contribution is -2.31. The molecule has 0 saturated heterocycles. The van der Waals surface area contributed by atoms with Crippen molar-refractivity contribution in [2.24, 2.45) is 10.8 Å². The molecule has 0 unspecified atom stereocenters. The minimum absolute atomic E-state index is 0.0401. The molecule has 1 N–H and O–H groups in total. The lowest BCUT2D eigenvalue weighted by molar-refractivity contribution is -0.125. The highest BCUT2D eigenvalue weighted by Gasteiger charge is 2.66. The van der Waals surface area contributed by atoms with Crippen LogP contribution >= 0.6 is 0 Å². The molecule has 0 radical (unpaired) electrons. The predicted octanol–water partition coefficient (Wildman–Crippen LogP) is 2.74. The SMILES string of the molecule is O=C1/C(=C\O)CC23CCCC12CCC3. The molecule has 3 fully saturated rings. The number of carbonyl (C=O) groups is 1. The van der Waals surface area contributed by atoms with E-state index in [9.17, 15) is 4.79 Å². The van der Waals surface area contributed by atoms with Crippen LogP contribution in [-0.4, -0.2) is 10.9 Å². The number of aliphatic hydroxyl groups is 1. The number of rotatable bonds is 0. The van der Waals surface area contributed by atoms with E-state index < -0.39 is 0 Å². The van der Waals surface area contributed by atoms with Gasteiger partial charge in [0.15, 0.2) is 5.78 Å². The van der Waals surface area contributed by atoms with Gasteiger partial charge in [-0.1, -0.05) is 12.8 Å². The molecule has 0 heterocycles. The Kier molecular flexibility index (Phi) is 1.47. The van der Waals surface area contributed by atoms with Gasteiger partial charge in [0.2, 0.25) is 0 Å². The van der Waals surface area contributed by atoms with Gasteiger partial charge in [-0.15, -0.1) is 0 Å². The van der Waals surface area contributed by atoms with Crippen molar-refractivity contribution in [1.29, 1.82) is 0 Å². The van der Waals surface area contributed by atoms with Crippen molar-refractivity contribution < 1.29 is 9.90 Å². The summed E-state index contributed by atoms with van der Waals surface area (Å²) in [5.41, 5.74) is 0.921. The summed E-state index contributed by atoms with van der Waals surface area (Å²) < 4.78 is 0. The monoisotopic (exact) mass is 192 g/mol. The second-order valence-electron chi connectivity index (χ2n) is 5.23. The Morgan fingerprint density at radius 1 is 1.14 bits per heavy atom. The number of carbonyl (C=O) groups excluding carboxylic acids is 1. The van der Waals surface area contributed by atoms with E-state index in [4.69, 9.17) is 5.11 Å². The number of ketones is 1. The van der Waals surface area contributed by atoms with Crippen LogP contribution in [-0.2, 0) is 4.79 Å². The smallest absolute Gasteiger partial charge is 0.168 e. The first kappa shape index (κ1) is 8.51. The standard InChI is InChI=1S/C12H16O2/c13-8-9-7-11-3-1-5-12(11,10(9)14)6-2-4-11/h8,13H,1-7H2/b9-8-. The van der Waals surface area contributed by atoms with E-state index in [-0.39, 0.29) is 16.6 Å². The molecular formula is C12H16O2. The number of hydrogen-bond donors (Lipinski definition) is 1. The zero-order valence-electron chi connectivity index (χ0n) is 8.38. The fourth-order valence-electron chi connectivity index (χ4n) is 4.39. The minimum Gasteiger partial charge on any atom is -0.515 e. The Morgan fingerprint density at radius 2 is 1.79 bits per heavy atom. The van der Waals surface area contributed by atoms with Gasteiger partial charge in [-0.2, -0.15) is 0 Å². The van der Waals surface area contributed by atoms with Crippen LogP contribution in [0.3, 0.4) is 0 Å². The third-order valence-corrected chi connectivity index (χ3v) is 4.94. The van der Waals surface area contributed by atoms with E-state index in [0.717, 1.165) is 25.5 Å². The number of allylic oxidation sites excluding steroid dienone is 1. The van der Waals surface area contributed by atoms with Crippen LogP contribution in [0, 0.1) is 10.8 Å².